The molecule has 2 nitrogen and oxygen atoms in total. The Morgan fingerprint density at radius 3 is 1.74 bits per heavy atom. The van der Waals surface area contributed by atoms with Gasteiger partial charge in [0.2, 0.25) is 0 Å². The van der Waals surface area contributed by atoms with Crippen LogP contribution in [0.25, 0.3) is 0 Å². The lowest BCUT2D eigenvalue weighted by Crippen LogP contribution is -2.31. The van der Waals surface area contributed by atoms with E-state index in [0.29, 0.717) is 11.5 Å². The molecule has 2 N–H and O–H groups in total. The van der Waals surface area contributed by atoms with Crippen LogP contribution in [0, 0.1) is 5.41 Å². The molecule has 2 heteroatoms. The van der Waals surface area contributed by atoms with Gasteiger partial charge in [0.05, 0.1) is 0 Å². The zero-order valence-electron chi connectivity index (χ0n) is 27.7. The van der Waals surface area contributed by atoms with Crippen LogP contribution >= 0.6 is 0 Å². The monoisotopic (exact) mass is 566 g/mol. The fraction of sp³-hybridized carbons (Fsp3) is 0.400. The van der Waals surface area contributed by atoms with Crippen molar-refractivity contribution in [1.82, 2.24) is 5.32 Å². The number of para-hydroxylation sites is 1. The Labute approximate surface area is 259 Å². The molecule has 0 fully saturated rings. The van der Waals surface area contributed by atoms with E-state index in [1.165, 1.54) is 52.1 Å². The third kappa shape index (κ3) is 16.1. The van der Waals surface area contributed by atoms with E-state index in [9.17, 15) is 0 Å². The molecule has 0 aliphatic rings. The van der Waals surface area contributed by atoms with E-state index in [1.54, 1.807) is 6.20 Å². The molecule has 0 spiro atoms. The lowest BCUT2D eigenvalue weighted by Gasteiger charge is -2.25. The topological polar surface area (TPSA) is 24.1 Å². The fourth-order valence-corrected chi connectivity index (χ4v) is 4.93. The highest BCUT2D eigenvalue weighted by Gasteiger charge is 2.15. The van der Waals surface area contributed by atoms with Crippen LogP contribution in [0.1, 0.15) is 90.0 Å². The Morgan fingerprint density at radius 2 is 1.31 bits per heavy atom. The van der Waals surface area contributed by atoms with Gasteiger partial charge in [-0.15, -0.1) is 0 Å². The number of hydrogen-bond acceptors (Lipinski definition) is 2. The lowest BCUT2D eigenvalue weighted by molar-refractivity contribution is 0.385. The minimum absolute atomic E-state index is 0.299. The number of allylic oxidation sites excluding steroid dienone is 2. The normalized spacial score (nSPS) is 11.1. The molecule has 0 aromatic heterocycles. The number of nitrogens with one attached hydrogen (secondary N) is 2. The molecule has 0 bridgehead atoms. The van der Waals surface area contributed by atoms with Gasteiger partial charge in [-0.1, -0.05) is 152 Å². The molecule has 1 unspecified atom stereocenters. The SMILES string of the molecule is C=C(C)Cc1ccccc1.C=C(CC(C)(C)C)NC(CCC)Cc1ccccc1.C=CNc1c(CC)cccc1CC. The highest BCUT2D eigenvalue weighted by Crippen LogP contribution is 2.23. The van der Waals surface area contributed by atoms with Crippen LogP contribution in [0.5, 0.6) is 0 Å². The number of benzene rings is 3. The van der Waals surface area contributed by atoms with Crippen molar-refractivity contribution >= 4 is 5.69 Å². The highest BCUT2D eigenvalue weighted by molar-refractivity contribution is 5.59. The maximum atomic E-state index is 4.19. The molecule has 0 radical (unpaired) electrons. The van der Waals surface area contributed by atoms with Crippen molar-refractivity contribution in [3.8, 4) is 0 Å². The van der Waals surface area contributed by atoms with E-state index in [4.69, 9.17) is 0 Å². The Morgan fingerprint density at radius 1 is 0.786 bits per heavy atom. The minimum Gasteiger partial charge on any atom is -0.386 e. The second kappa shape index (κ2) is 20.4. The smallest absolute Gasteiger partial charge is 0.0444 e. The average Bonchev–Trinajstić information content (AvgIpc) is 2.94. The van der Waals surface area contributed by atoms with Gasteiger partial charge in [0.25, 0.3) is 0 Å². The Hall–Kier alpha value is -3.52. The van der Waals surface area contributed by atoms with Gasteiger partial charge in [0.1, 0.15) is 0 Å². The Balaban J connectivity index is 0.000000333. The second-order valence-corrected chi connectivity index (χ2v) is 12.3. The van der Waals surface area contributed by atoms with Crippen LogP contribution in [0.15, 0.2) is 116 Å². The van der Waals surface area contributed by atoms with E-state index in [1.807, 2.05) is 13.0 Å². The van der Waals surface area contributed by atoms with E-state index in [0.717, 1.165) is 32.1 Å². The summed E-state index contributed by atoms with van der Waals surface area (Å²) in [7, 11) is 0. The van der Waals surface area contributed by atoms with Gasteiger partial charge in [-0.25, -0.2) is 0 Å². The minimum atomic E-state index is 0.299. The van der Waals surface area contributed by atoms with Gasteiger partial charge in [-0.05, 0) is 79.3 Å². The molecule has 0 saturated heterocycles. The molecule has 228 valence electrons. The van der Waals surface area contributed by atoms with Gasteiger partial charge in [-0.2, -0.15) is 0 Å². The largest absolute Gasteiger partial charge is 0.386 e. The Kier molecular flexibility index (Phi) is 17.7. The van der Waals surface area contributed by atoms with Crippen LogP contribution in [-0.4, -0.2) is 6.04 Å². The van der Waals surface area contributed by atoms with Gasteiger partial charge >= 0.3 is 0 Å². The third-order valence-electron chi connectivity index (χ3n) is 6.71. The quantitative estimate of drug-likeness (QED) is 0.201. The van der Waals surface area contributed by atoms with Gasteiger partial charge in [0, 0.05) is 17.4 Å². The van der Waals surface area contributed by atoms with E-state index >= 15 is 0 Å². The number of hydrogen-bond donors (Lipinski definition) is 2. The van der Waals surface area contributed by atoms with Crippen molar-refractivity contribution in [3.63, 3.8) is 0 Å². The van der Waals surface area contributed by atoms with Crippen molar-refractivity contribution in [3.05, 3.63) is 138 Å². The standard InChI is InChI=1S/C18H29N.C12H17N.C10H12/c1-6-10-17(13-16-11-8-7-9-12-16)19-15(2)14-18(3,4)5;1-4-10-8-7-9-11(5-2)12(10)13-6-3;1-9(2)8-10-6-4-3-5-7-10/h7-9,11-12,17,19H,2,6,10,13-14H2,1,3-5H3;6-9,13H,3-5H2,1-2H3;3-7H,1,8H2,2H3. The van der Waals surface area contributed by atoms with Crippen LogP contribution in [0.2, 0.25) is 0 Å². The summed E-state index contributed by atoms with van der Waals surface area (Å²) < 4.78 is 0. The third-order valence-corrected chi connectivity index (χ3v) is 6.71. The van der Waals surface area contributed by atoms with Gasteiger partial charge in [-0.3, -0.25) is 0 Å². The summed E-state index contributed by atoms with van der Waals surface area (Å²) in [6.07, 6.45) is 9.37. The summed E-state index contributed by atoms with van der Waals surface area (Å²) in [6, 6.07) is 28.0. The second-order valence-electron chi connectivity index (χ2n) is 12.3. The predicted molar refractivity (Wildman–Crippen MR) is 189 cm³/mol. The molecule has 0 aliphatic carbocycles. The first kappa shape index (κ1) is 36.5. The zero-order chi connectivity index (χ0) is 31.4. The lowest BCUT2D eigenvalue weighted by atomic mass is 9.90. The maximum absolute atomic E-state index is 4.19. The summed E-state index contributed by atoms with van der Waals surface area (Å²) in [5.41, 5.74) is 9.38. The van der Waals surface area contributed by atoms with E-state index in [-0.39, 0.29) is 0 Å². The molecule has 3 aromatic carbocycles. The van der Waals surface area contributed by atoms with Crippen molar-refractivity contribution in [1.29, 1.82) is 0 Å². The molecule has 0 saturated carbocycles. The molecule has 3 rings (SSSR count). The summed E-state index contributed by atoms with van der Waals surface area (Å²) in [4.78, 5) is 0. The van der Waals surface area contributed by atoms with Gasteiger partial charge in [0.15, 0.2) is 0 Å². The molecule has 0 amide bonds. The number of aryl methyl sites for hydroxylation is 2. The molecule has 0 heterocycles. The summed E-state index contributed by atoms with van der Waals surface area (Å²) in [5.74, 6) is 0. The average molecular weight is 567 g/mol. The van der Waals surface area contributed by atoms with E-state index in [2.05, 4.69) is 145 Å². The molecule has 42 heavy (non-hydrogen) atoms. The molecule has 3 aromatic rings. The zero-order valence-corrected chi connectivity index (χ0v) is 27.7. The Bertz CT molecular complexity index is 1150. The van der Waals surface area contributed by atoms with E-state index < -0.39 is 0 Å². The molecular formula is C40H58N2. The van der Waals surface area contributed by atoms with Crippen molar-refractivity contribution < 1.29 is 0 Å². The molecule has 0 aliphatic heterocycles. The maximum Gasteiger partial charge on any atom is 0.0444 e. The fourth-order valence-electron chi connectivity index (χ4n) is 4.93. The van der Waals surface area contributed by atoms with Crippen molar-refractivity contribution in [2.75, 3.05) is 5.32 Å². The summed E-state index contributed by atoms with van der Waals surface area (Å²) in [6.45, 7) is 27.1. The highest BCUT2D eigenvalue weighted by atomic mass is 14.9. The summed E-state index contributed by atoms with van der Waals surface area (Å²) >= 11 is 0. The van der Waals surface area contributed by atoms with Crippen LogP contribution in [0.4, 0.5) is 5.69 Å². The predicted octanol–water partition coefficient (Wildman–Crippen LogP) is 11.1. The van der Waals surface area contributed by atoms with Crippen molar-refractivity contribution in [2.45, 2.75) is 99.5 Å². The number of rotatable bonds is 13. The van der Waals surface area contributed by atoms with Gasteiger partial charge < -0.3 is 10.6 Å². The summed E-state index contributed by atoms with van der Waals surface area (Å²) in [5, 5.41) is 6.84. The number of anilines is 1. The van der Waals surface area contributed by atoms with Crippen molar-refractivity contribution in [2.24, 2.45) is 5.41 Å². The van der Waals surface area contributed by atoms with Crippen LogP contribution in [0.3, 0.4) is 0 Å². The molecule has 1 atom stereocenters. The van der Waals surface area contributed by atoms with Crippen LogP contribution in [-0.2, 0) is 25.7 Å². The first-order chi connectivity index (χ1) is 20.0. The first-order valence-electron chi connectivity index (χ1n) is 15.7. The van der Waals surface area contributed by atoms with Crippen LogP contribution < -0.4 is 10.6 Å². The first-order valence-corrected chi connectivity index (χ1v) is 15.7. The molecular weight excluding hydrogens is 508 g/mol.